The molecule has 0 fully saturated rings. The normalized spacial score (nSPS) is 11.6. The number of hydrogen-bond donors (Lipinski definition) is 1. The summed E-state index contributed by atoms with van der Waals surface area (Å²) in [6, 6.07) is 0. The zero-order valence-electron chi connectivity index (χ0n) is 8.42. The molecule has 12 heavy (non-hydrogen) atoms. The Kier molecular flexibility index (Phi) is 8.30. The molecule has 0 aliphatic rings. The van der Waals surface area contributed by atoms with E-state index in [1.54, 1.807) is 0 Å². The Balaban J connectivity index is 2.91. The molecule has 0 radical (unpaired) electrons. The van der Waals surface area contributed by atoms with Crippen molar-refractivity contribution in [1.29, 1.82) is 0 Å². The molecule has 0 rings (SSSR count). The molecule has 0 saturated heterocycles. The van der Waals surface area contributed by atoms with Gasteiger partial charge in [-0.2, -0.15) is 0 Å². The third kappa shape index (κ3) is 9.54. The van der Waals surface area contributed by atoms with Crippen molar-refractivity contribution in [3.63, 3.8) is 0 Å². The second-order valence-corrected chi connectivity index (χ2v) is 3.77. The second-order valence-electron chi connectivity index (χ2n) is 3.77. The van der Waals surface area contributed by atoms with Crippen LogP contribution in [-0.4, -0.2) is 5.11 Å². The van der Waals surface area contributed by atoms with Crippen molar-refractivity contribution >= 4 is 0 Å². The summed E-state index contributed by atoms with van der Waals surface area (Å²) < 4.78 is 0. The Labute approximate surface area is 76.5 Å². The highest BCUT2D eigenvalue weighted by molar-refractivity contribution is 4.70. The van der Waals surface area contributed by atoms with E-state index in [1.165, 1.54) is 32.1 Å². The summed E-state index contributed by atoms with van der Waals surface area (Å²) in [5, 5.41) is 8.36. The van der Waals surface area contributed by atoms with Crippen molar-refractivity contribution < 1.29 is 5.11 Å². The largest absolute Gasteiger partial charge is 0.516 e. The van der Waals surface area contributed by atoms with Crippen molar-refractivity contribution in [2.75, 3.05) is 0 Å². The monoisotopic (exact) mass is 170 g/mol. The molecule has 1 nitrogen and oxygen atoms in total. The molecule has 0 heterocycles. The van der Waals surface area contributed by atoms with Crippen LogP contribution in [0, 0.1) is 5.92 Å². The molecule has 0 saturated carbocycles. The molecule has 0 unspecified atom stereocenters. The maximum atomic E-state index is 8.36. The quantitative estimate of drug-likeness (QED) is 0.451. The van der Waals surface area contributed by atoms with Crippen LogP contribution >= 0.6 is 0 Å². The molecule has 0 aliphatic heterocycles. The summed E-state index contributed by atoms with van der Waals surface area (Å²) >= 11 is 0. The van der Waals surface area contributed by atoms with Crippen LogP contribution in [-0.2, 0) is 0 Å². The van der Waals surface area contributed by atoms with Crippen LogP contribution in [0.1, 0.15) is 52.4 Å². The predicted molar refractivity (Wildman–Crippen MR) is 54.3 cm³/mol. The Morgan fingerprint density at radius 3 is 2.33 bits per heavy atom. The molecule has 1 N–H and O–H groups in total. The first-order valence-electron chi connectivity index (χ1n) is 5.06. The summed E-state index contributed by atoms with van der Waals surface area (Å²) in [6.07, 6.45) is 10.6. The third-order valence-corrected chi connectivity index (χ3v) is 2.01. The van der Waals surface area contributed by atoms with Crippen molar-refractivity contribution in [3.05, 3.63) is 12.3 Å². The van der Waals surface area contributed by atoms with Gasteiger partial charge in [0, 0.05) is 0 Å². The Morgan fingerprint density at radius 2 is 1.75 bits per heavy atom. The standard InChI is InChI=1S/C11H22O/c1-11(2)9-7-5-3-4-6-8-10-12/h8,10-12H,3-7,9H2,1-2H3. The fourth-order valence-electron chi connectivity index (χ4n) is 1.24. The zero-order valence-corrected chi connectivity index (χ0v) is 8.42. The SMILES string of the molecule is CC(C)CCCCCCC=CO. The van der Waals surface area contributed by atoms with Gasteiger partial charge in [0.1, 0.15) is 0 Å². The lowest BCUT2D eigenvalue weighted by molar-refractivity contribution is 0.469. The molecule has 1 heteroatoms. The van der Waals surface area contributed by atoms with Crippen LogP contribution in [0.15, 0.2) is 12.3 Å². The highest BCUT2D eigenvalue weighted by atomic mass is 16.2. The number of unbranched alkanes of at least 4 members (excludes halogenated alkanes) is 4. The number of rotatable bonds is 7. The molecule has 0 spiro atoms. The highest BCUT2D eigenvalue weighted by Gasteiger charge is 1.93. The van der Waals surface area contributed by atoms with E-state index < -0.39 is 0 Å². The first-order valence-corrected chi connectivity index (χ1v) is 5.06. The average molecular weight is 170 g/mol. The average Bonchev–Trinajstić information content (AvgIpc) is 2.02. The van der Waals surface area contributed by atoms with E-state index in [0.29, 0.717) is 0 Å². The minimum Gasteiger partial charge on any atom is -0.516 e. The van der Waals surface area contributed by atoms with Gasteiger partial charge in [-0.1, -0.05) is 45.6 Å². The summed E-state index contributed by atoms with van der Waals surface area (Å²) in [7, 11) is 0. The molecule has 0 amide bonds. The van der Waals surface area contributed by atoms with E-state index in [1.807, 2.05) is 6.08 Å². The number of aliphatic hydroxyl groups is 1. The summed E-state index contributed by atoms with van der Waals surface area (Å²) in [5.41, 5.74) is 0. The molecule has 0 atom stereocenters. The maximum absolute atomic E-state index is 8.36. The number of aliphatic hydroxyl groups excluding tert-OH is 1. The predicted octanol–water partition coefficient (Wildman–Crippen LogP) is 4.05. The van der Waals surface area contributed by atoms with Gasteiger partial charge in [0.05, 0.1) is 6.26 Å². The molecular weight excluding hydrogens is 148 g/mol. The second kappa shape index (κ2) is 8.63. The van der Waals surface area contributed by atoms with Gasteiger partial charge in [-0.05, 0) is 18.8 Å². The minimum absolute atomic E-state index is 0.849. The van der Waals surface area contributed by atoms with Crippen LogP contribution in [0.3, 0.4) is 0 Å². The van der Waals surface area contributed by atoms with Crippen LogP contribution < -0.4 is 0 Å². The topological polar surface area (TPSA) is 20.2 Å². The van der Waals surface area contributed by atoms with Crippen molar-refractivity contribution in [2.45, 2.75) is 52.4 Å². The lowest BCUT2D eigenvalue weighted by atomic mass is 10.0. The Morgan fingerprint density at radius 1 is 1.08 bits per heavy atom. The van der Waals surface area contributed by atoms with Crippen LogP contribution in [0.2, 0.25) is 0 Å². The van der Waals surface area contributed by atoms with Gasteiger partial charge in [-0.3, -0.25) is 0 Å². The van der Waals surface area contributed by atoms with E-state index in [9.17, 15) is 0 Å². The van der Waals surface area contributed by atoms with Crippen LogP contribution in [0.5, 0.6) is 0 Å². The van der Waals surface area contributed by atoms with Gasteiger partial charge >= 0.3 is 0 Å². The molecule has 0 aliphatic carbocycles. The van der Waals surface area contributed by atoms with Crippen LogP contribution in [0.25, 0.3) is 0 Å². The highest BCUT2D eigenvalue weighted by Crippen LogP contribution is 2.10. The fraction of sp³-hybridized carbons (Fsp3) is 0.818. The van der Waals surface area contributed by atoms with Gasteiger partial charge in [-0.25, -0.2) is 0 Å². The van der Waals surface area contributed by atoms with Gasteiger partial charge in [0.15, 0.2) is 0 Å². The van der Waals surface area contributed by atoms with Crippen molar-refractivity contribution in [3.8, 4) is 0 Å². The minimum atomic E-state index is 0.849. The molecule has 72 valence electrons. The Hall–Kier alpha value is -0.460. The van der Waals surface area contributed by atoms with E-state index in [2.05, 4.69) is 13.8 Å². The summed E-state index contributed by atoms with van der Waals surface area (Å²) in [4.78, 5) is 0. The van der Waals surface area contributed by atoms with Gasteiger partial charge in [0.25, 0.3) is 0 Å². The fourth-order valence-corrected chi connectivity index (χ4v) is 1.24. The summed E-state index contributed by atoms with van der Waals surface area (Å²) in [6.45, 7) is 4.54. The number of hydrogen-bond acceptors (Lipinski definition) is 1. The maximum Gasteiger partial charge on any atom is 0.0751 e. The van der Waals surface area contributed by atoms with Crippen molar-refractivity contribution in [1.82, 2.24) is 0 Å². The smallest absolute Gasteiger partial charge is 0.0751 e. The van der Waals surface area contributed by atoms with Gasteiger partial charge in [-0.15, -0.1) is 0 Å². The van der Waals surface area contributed by atoms with E-state index in [0.717, 1.165) is 18.6 Å². The van der Waals surface area contributed by atoms with E-state index >= 15 is 0 Å². The lowest BCUT2D eigenvalue weighted by Gasteiger charge is -2.02. The first-order chi connectivity index (χ1) is 5.77. The molecule has 0 aromatic heterocycles. The molecule has 0 bridgehead atoms. The van der Waals surface area contributed by atoms with Gasteiger partial charge in [0.2, 0.25) is 0 Å². The third-order valence-electron chi connectivity index (χ3n) is 2.01. The lowest BCUT2D eigenvalue weighted by Crippen LogP contribution is -1.86. The van der Waals surface area contributed by atoms with Crippen molar-refractivity contribution in [2.24, 2.45) is 5.92 Å². The van der Waals surface area contributed by atoms with E-state index in [-0.39, 0.29) is 0 Å². The first kappa shape index (κ1) is 11.5. The molecule has 0 aromatic carbocycles. The van der Waals surface area contributed by atoms with Gasteiger partial charge < -0.3 is 5.11 Å². The van der Waals surface area contributed by atoms with Crippen LogP contribution in [0.4, 0.5) is 0 Å². The zero-order chi connectivity index (χ0) is 9.23. The molecule has 0 aromatic rings. The Bertz CT molecular complexity index is 106. The number of allylic oxidation sites excluding steroid dienone is 1. The molecular formula is C11H22O. The summed E-state index contributed by atoms with van der Waals surface area (Å²) in [5.74, 6) is 0.849. The van der Waals surface area contributed by atoms with E-state index in [4.69, 9.17) is 5.11 Å².